The Morgan fingerprint density at radius 2 is 2.03 bits per heavy atom. The molecular weight excluding hydrogens is 412 g/mol. The van der Waals surface area contributed by atoms with Crippen molar-refractivity contribution in [1.82, 2.24) is 24.5 Å². The Morgan fingerprint density at radius 3 is 2.76 bits per heavy atom. The number of rotatable bonds is 8. The van der Waals surface area contributed by atoms with Gasteiger partial charge < -0.3 is 4.57 Å². The molecule has 0 saturated heterocycles. The second-order valence-electron chi connectivity index (χ2n) is 10.4. The molecule has 4 rings (SSSR count). The second kappa shape index (κ2) is 9.86. The van der Waals surface area contributed by atoms with Crippen LogP contribution in [-0.2, 0) is 11.3 Å². The van der Waals surface area contributed by atoms with E-state index < -0.39 is 0 Å². The minimum atomic E-state index is -0.341. The van der Waals surface area contributed by atoms with Crippen LogP contribution in [0, 0.1) is 22.7 Å². The highest BCUT2D eigenvalue weighted by Gasteiger charge is 2.23. The van der Waals surface area contributed by atoms with Gasteiger partial charge in [-0.3, -0.25) is 9.48 Å². The molecule has 1 atom stereocenters. The molecule has 0 aromatic carbocycles. The molecule has 0 bridgehead atoms. The van der Waals surface area contributed by atoms with Gasteiger partial charge in [0.1, 0.15) is 5.78 Å². The van der Waals surface area contributed by atoms with E-state index in [-0.39, 0.29) is 17.2 Å². The fourth-order valence-electron chi connectivity index (χ4n) is 4.88. The summed E-state index contributed by atoms with van der Waals surface area (Å²) in [6.45, 7) is 6.44. The van der Waals surface area contributed by atoms with Crippen molar-refractivity contribution in [2.45, 2.75) is 84.7 Å². The predicted molar refractivity (Wildman–Crippen MR) is 128 cm³/mol. The molecule has 174 valence electrons. The van der Waals surface area contributed by atoms with Crippen molar-refractivity contribution < 1.29 is 4.79 Å². The molecule has 3 heterocycles. The quantitative estimate of drug-likeness (QED) is 0.441. The van der Waals surface area contributed by atoms with Gasteiger partial charge in [-0.15, -0.1) is 5.10 Å². The first-order valence-electron chi connectivity index (χ1n) is 12.1. The fraction of sp³-hybridized carbons (Fsp3) is 0.577. The number of carbonyl (C=O) groups excluding carboxylic acids is 1. The third-order valence-electron chi connectivity index (χ3n) is 6.92. The van der Waals surface area contributed by atoms with Gasteiger partial charge in [-0.25, -0.2) is 0 Å². The SMILES string of the molecule is CC(C)(C)C(=O)CCn1ccc2c(-c3cnn(C(CC#N)CC4CCCCC4)c3)cnnc21. The lowest BCUT2D eigenvalue weighted by atomic mass is 9.84. The Kier molecular flexibility index (Phi) is 6.92. The lowest BCUT2D eigenvalue weighted by molar-refractivity contribution is -0.126. The van der Waals surface area contributed by atoms with Crippen molar-refractivity contribution in [2.24, 2.45) is 11.3 Å². The molecule has 1 aliphatic carbocycles. The minimum Gasteiger partial charge on any atom is -0.331 e. The second-order valence-corrected chi connectivity index (χ2v) is 10.4. The lowest BCUT2D eigenvalue weighted by Gasteiger charge is -2.25. The third kappa shape index (κ3) is 5.32. The number of aryl methyl sites for hydroxylation is 1. The number of ketones is 1. The first-order chi connectivity index (χ1) is 15.9. The Bertz CT molecular complexity index is 1140. The summed E-state index contributed by atoms with van der Waals surface area (Å²) in [6, 6.07) is 4.49. The average Bonchev–Trinajstić information content (AvgIpc) is 3.45. The van der Waals surface area contributed by atoms with E-state index in [4.69, 9.17) is 0 Å². The van der Waals surface area contributed by atoms with Crippen LogP contribution in [-0.4, -0.2) is 30.3 Å². The Hall–Kier alpha value is -3.01. The van der Waals surface area contributed by atoms with Crippen LogP contribution in [0.4, 0.5) is 0 Å². The van der Waals surface area contributed by atoms with Crippen molar-refractivity contribution in [3.05, 3.63) is 30.9 Å². The van der Waals surface area contributed by atoms with E-state index in [9.17, 15) is 10.1 Å². The monoisotopic (exact) mass is 446 g/mol. The summed E-state index contributed by atoms with van der Waals surface area (Å²) in [6.07, 6.45) is 16.1. The molecule has 1 fully saturated rings. The molecule has 3 aromatic rings. The number of nitrogens with zero attached hydrogens (tertiary/aromatic N) is 6. The van der Waals surface area contributed by atoms with Crippen LogP contribution >= 0.6 is 0 Å². The molecule has 0 N–H and O–H groups in total. The van der Waals surface area contributed by atoms with Gasteiger partial charge in [-0.1, -0.05) is 52.9 Å². The van der Waals surface area contributed by atoms with Crippen LogP contribution in [0.3, 0.4) is 0 Å². The number of Topliss-reactive ketones (excluding diaryl/α,β-unsaturated/α-hetero) is 1. The lowest BCUT2D eigenvalue weighted by Crippen LogP contribution is -2.21. The Morgan fingerprint density at radius 1 is 1.24 bits per heavy atom. The molecule has 7 nitrogen and oxygen atoms in total. The third-order valence-corrected chi connectivity index (χ3v) is 6.92. The molecule has 7 heteroatoms. The number of nitriles is 1. The summed E-state index contributed by atoms with van der Waals surface area (Å²) < 4.78 is 3.97. The van der Waals surface area contributed by atoms with Crippen LogP contribution in [0.25, 0.3) is 22.2 Å². The topological polar surface area (TPSA) is 89.4 Å². The molecule has 1 aliphatic rings. The van der Waals surface area contributed by atoms with Crippen molar-refractivity contribution in [2.75, 3.05) is 0 Å². The highest BCUT2D eigenvalue weighted by Crippen LogP contribution is 2.33. The van der Waals surface area contributed by atoms with Crippen LogP contribution in [0.5, 0.6) is 0 Å². The van der Waals surface area contributed by atoms with Gasteiger partial charge in [0, 0.05) is 47.3 Å². The van der Waals surface area contributed by atoms with Gasteiger partial charge in [0.05, 0.1) is 30.9 Å². The van der Waals surface area contributed by atoms with Crippen molar-refractivity contribution in [1.29, 1.82) is 5.26 Å². The van der Waals surface area contributed by atoms with Crippen LogP contribution < -0.4 is 0 Å². The molecule has 0 aliphatic heterocycles. The zero-order chi connectivity index (χ0) is 23.4. The maximum absolute atomic E-state index is 12.4. The minimum absolute atomic E-state index is 0.102. The highest BCUT2D eigenvalue weighted by atomic mass is 16.1. The van der Waals surface area contributed by atoms with Crippen molar-refractivity contribution >= 4 is 16.8 Å². The molecule has 3 aromatic heterocycles. The number of carbonyl (C=O) groups is 1. The normalized spacial score (nSPS) is 16.1. The van der Waals surface area contributed by atoms with Crippen LogP contribution in [0.1, 0.15) is 78.2 Å². The molecule has 0 spiro atoms. The Balaban J connectivity index is 1.55. The van der Waals surface area contributed by atoms with Crippen molar-refractivity contribution in [3.63, 3.8) is 0 Å². The van der Waals surface area contributed by atoms with Gasteiger partial charge in [-0.2, -0.15) is 15.5 Å². The molecule has 1 unspecified atom stereocenters. The number of fused-ring (bicyclic) bond motifs is 1. The van der Waals surface area contributed by atoms with E-state index in [0.29, 0.717) is 25.3 Å². The van der Waals surface area contributed by atoms with E-state index in [2.05, 4.69) is 21.4 Å². The summed E-state index contributed by atoms with van der Waals surface area (Å²) >= 11 is 0. The van der Waals surface area contributed by atoms with Gasteiger partial charge in [0.2, 0.25) is 0 Å². The summed E-state index contributed by atoms with van der Waals surface area (Å²) in [7, 11) is 0. The summed E-state index contributed by atoms with van der Waals surface area (Å²) in [4.78, 5) is 12.4. The maximum atomic E-state index is 12.4. The molecule has 0 amide bonds. The standard InChI is InChI=1S/C26H34N6O/c1-26(2,3)24(33)11-14-31-13-10-22-23(17-28-30-25(22)31)20-16-29-32(18-20)21(9-12-27)15-19-7-5-4-6-8-19/h10,13,16-19,21H,4-9,11,14-15H2,1-3H3. The number of hydrogen-bond donors (Lipinski definition) is 0. The summed E-state index contributed by atoms with van der Waals surface area (Å²) in [5, 5.41) is 23.6. The van der Waals surface area contributed by atoms with Crippen LogP contribution in [0.15, 0.2) is 30.9 Å². The maximum Gasteiger partial charge on any atom is 0.163 e. The van der Waals surface area contributed by atoms with Gasteiger partial charge in [-0.05, 0) is 18.4 Å². The number of aromatic nitrogens is 5. The predicted octanol–water partition coefficient (Wildman–Crippen LogP) is 5.73. The fourth-order valence-corrected chi connectivity index (χ4v) is 4.88. The number of hydrogen-bond acceptors (Lipinski definition) is 5. The first kappa shape index (κ1) is 23.2. The largest absolute Gasteiger partial charge is 0.331 e. The molecule has 0 radical (unpaired) electrons. The van der Waals surface area contributed by atoms with E-state index in [1.807, 2.05) is 54.7 Å². The summed E-state index contributed by atoms with van der Waals surface area (Å²) in [5.41, 5.74) is 2.38. The van der Waals surface area contributed by atoms with E-state index in [1.165, 1.54) is 32.1 Å². The van der Waals surface area contributed by atoms with Gasteiger partial charge in [0.15, 0.2) is 5.65 Å². The van der Waals surface area contributed by atoms with E-state index in [0.717, 1.165) is 28.6 Å². The van der Waals surface area contributed by atoms with E-state index >= 15 is 0 Å². The average molecular weight is 447 g/mol. The van der Waals surface area contributed by atoms with Gasteiger partial charge in [0.25, 0.3) is 0 Å². The zero-order valence-corrected chi connectivity index (χ0v) is 20.0. The molecule has 1 saturated carbocycles. The molecular formula is C26H34N6O. The smallest absolute Gasteiger partial charge is 0.163 e. The molecule has 33 heavy (non-hydrogen) atoms. The van der Waals surface area contributed by atoms with Crippen molar-refractivity contribution in [3.8, 4) is 17.2 Å². The highest BCUT2D eigenvalue weighted by molar-refractivity contribution is 5.92. The van der Waals surface area contributed by atoms with Gasteiger partial charge >= 0.3 is 0 Å². The first-order valence-corrected chi connectivity index (χ1v) is 12.1. The Labute approximate surface area is 195 Å². The zero-order valence-electron chi connectivity index (χ0n) is 20.0. The van der Waals surface area contributed by atoms with Crippen LogP contribution in [0.2, 0.25) is 0 Å². The summed E-state index contributed by atoms with van der Waals surface area (Å²) in [5.74, 6) is 0.917. The van der Waals surface area contributed by atoms with E-state index in [1.54, 1.807) is 6.20 Å².